The molecule has 0 saturated heterocycles. The van der Waals surface area contributed by atoms with Gasteiger partial charge in [-0.15, -0.1) is 11.3 Å². The summed E-state index contributed by atoms with van der Waals surface area (Å²) in [7, 11) is 1.35. The molecule has 0 radical (unpaired) electrons. The summed E-state index contributed by atoms with van der Waals surface area (Å²) in [6.07, 6.45) is 3.43. The number of aromatic nitrogens is 1. The van der Waals surface area contributed by atoms with E-state index in [0.29, 0.717) is 10.6 Å². The zero-order chi connectivity index (χ0) is 13.0. The molecule has 0 aliphatic carbocycles. The number of carbonyl (C=O) groups excluding carboxylic acids is 1. The number of esters is 1. The second-order valence-corrected chi connectivity index (χ2v) is 4.97. The van der Waals surface area contributed by atoms with Crippen molar-refractivity contribution in [1.29, 1.82) is 0 Å². The number of hydrogen-bond acceptors (Lipinski definition) is 5. The van der Waals surface area contributed by atoms with E-state index in [4.69, 9.17) is 5.73 Å². The zero-order valence-corrected chi connectivity index (χ0v) is 10.9. The zero-order valence-electron chi connectivity index (χ0n) is 10.1. The van der Waals surface area contributed by atoms with Crippen molar-refractivity contribution in [2.75, 3.05) is 12.8 Å². The summed E-state index contributed by atoms with van der Waals surface area (Å²) in [5.74, 6) is -0.382. The summed E-state index contributed by atoms with van der Waals surface area (Å²) in [6.45, 7) is 0. The maximum absolute atomic E-state index is 11.4. The second kappa shape index (κ2) is 5.64. The van der Waals surface area contributed by atoms with Gasteiger partial charge >= 0.3 is 5.97 Å². The normalized spacial score (nSPS) is 10.3. The van der Waals surface area contributed by atoms with Crippen molar-refractivity contribution in [3.05, 3.63) is 46.6 Å². The topological polar surface area (TPSA) is 65.2 Å². The Kier molecular flexibility index (Phi) is 3.94. The van der Waals surface area contributed by atoms with Crippen molar-refractivity contribution >= 4 is 22.3 Å². The van der Waals surface area contributed by atoms with Crippen LogP contribution >= 0.6 is 11.3 Å². The van der Waals surface area contributed by atoms with Gasteiger partial charge in [0.15, 0.2) is 0 Å². The van der Waals surface area contributed by atoms with Gasteiger partial charge in [0.1, 0.15) is 5.00 Å². The summed E-state index contributed by atoms with van der Waals surface area (Å²) in [5.41, 5.74) is 7.28. The quantitative estimate of drug-likeness (QED) is 0.859. The number of thiophene rings is 1. The third-order valence-corrected chi connectivity index (χ3v) is 3.59. The van der Waals surface area contributed by atoms with Crippen LogP contribution in [0.15, 0.2) is 30.5 Å². The molecule has 0 bridgehead atoms. The summed E-state index contributed by atoms with van der Waals surface area (Å²) < 4.78 is 4.67. The predicted octanol–water partition coefficient (Wildman–Crippen LogP) is 2.30. The average Bonchev–Trinajstić information content (AvgIpc) is 2.78. The molecular weight excluding hydrogens is 248 g/mol. The van der Waals surface area contributed by atoms with Gasteiger partial charge in [-0.2, -0.15) is 0 Å². The predicted molar refractivity (Wildman–Crippen MR) is 71.7 cm³/mol. The van der Waals surface area contributed by atoms with Gasteiger partial charge in [-0.1, -0.05) is 6.07 Å². The Balaban J connectivity index is 2.05. The maximum Gasteiger partial charge on any atom is 0.340 e. The van der Waals surface area contributed by atoms with Crippen LogP contribution in [0.4, 0.5) is 5.00 Å². The van der Waals surface area contributed by atoms with Crippen molar-refractivity contribution in [3.63, 3.8) is 0 Å². The highest BCUT2D eigenvalue weighted by atomic mass is 32.1. The van der Waals surface area contributed by atoms with Crippen LogP contribution < -0.4 is 5.73 Å². The monoisotopic (exact) mass is 262 g/mol. The minimum Gasteiger partial charge on any atom is -0.465 e. The molecule has 0 aliphatic heterocycles. The first-order valence-electron chi connectivity index (χ1n) is 5.57. The Morgan fingerprint density at radius 3 is 2.94 bits per heavy atom. The Morgan fingerprint density at radius 1 is 1.44 bits per heavy atom. The molecule has 2 heterocycles. The number of hydrogen-bond donors (Lipinski definition) is 1. The third kappa shape index (κ3) is 2.87. The summed E-state index contributed by atoms with van der Waals surface area (Å²) in [4.78, 5) is 16.7. The molecule has 0 fully saturated rings. The number of carbonyl (C=O) groups is 1. The van der Waals surface area contributed by atoms with Crippen molar-refractivity contribution in [2.45, 2.75) is 12.8 Å². The number of methoxy groups -OCH3 is 1. The number of nitrogens with two attached hydrogens (primary N) is 1. The molecule has 5 heteroatoms. The lowest BCUT2D eigenvalue weighted by molar-refractivity contribution is 0.0602. The van der Waals surface area contributed by atoms with Crippen LogP contribution in [0.1, 0.15) is 20.9 Å². The van der Waals surface area contributed by atoms with E-state index < -0.39 is 0 Å². The van der Waals surface area contributed by atoms with Crippen LogP contribution in [0, 0.1) is 0 Å². The van der Waals surface area contributed by atoms with Crippen molar-refractivity contribution in [2.24, 2.45) is 0 Å². The fourth-order valence-corrected chi connectivity index (χ4v) is 2.56. The van der Waals surface area contributed by atoms with E-state index in [1.165, 1.54) is 18.4 Å². The number of rotatable bonds is 4. The maximum atomic E-state index is 11.4. The van der Waals surface area contributed by atoms with Gasteiger partial charge in [0, 0.05) is 16.8 Å². The minimum atomic E-state index is -0.382. The highest BCUT2D eigenvalue weighted by molar-refractivity contribution is 7.16. The molecule has 2 rings (SSSR count). The van der Waals surface area contributed by atoms with Gasteiger partial charge in [0.25, 0.3) is 0 Å². The van der Waals surface area contributed by atoms with E-state index in [-0.39, 0.29) is 5.97 Å². The number of pyridine rings is 1. The molecule has 94 valence electrons. The Labute approximate surface area is 109 Å². The molecule has 18 heavy (non-hydrogen) atoms. The molecule has 0 atom stereocenters. The molecule has 0 unspecified atom stereocenters. The van der Waals surface area contributed by atoms with Gasteiger partial charge in [0.05, 0.1) is 12.7 Å². The minimum absolute atomic E-state index is 0.382. The second-order valence-electron chi connectivity index (χ2n) is 3.80. The summed E-state index contributed by atoms with van der Waals surface area (Å²) in [5, 5.41) is 0.512. The Hall–Kier alpha value is -1.88. The van der Waals surface area contributed by atoms with E-state index in [2.05, 4.69) is 9.72 Å². The van der Waals surface area contributed by atoms with E-state index in [0.717, 1.165) is 23.4 Å². The lowest BCUT2D eigenvalue weighted by Crippen LogP contribution is -2.02. The number of ether oxygens (including phenoxy) is 1. The van der Waals surface area contributed by atoms with Crippen LogP contribution in [-0.4, -0.2) is 18.1 Å². The van der Waals surface area contributed by atoms with Gasteiger partial charge in [0.2, 0.25) is 0 Å². The smallest absolute Gasteiger partial charge is 0.340 e. The lowest BCUT2D eigenvalue weighted by atomic mass is 10.2. The van der Waals surface area contributed by atoms with Crippen LogP contribution in [0.3, 0.4) is 0 Å². The number of nitrogen functional groups attached to an aromatic ring is 1. The standard InChI is InChI=1S/C13H14N2O2S/c1-17-13(16)11-8-10(18-12(11)14)6-5-9-4-2-3-7-15-9/h2-4,7-8H,5-6,14H2,1H3. The first-order chi connectivity index (χ1) is 8.70. The average molecular weight is 262 g/mol. The van der Waals surface area contributed by atoms with E-state index in [9.17, 15) is 4.79 Å². The Bertz CT molecular complexity index is 537. The fraction of sp³-hybridized carbons (Fsp3) is 0.231. The van der Waals surface area contributed by atoms with Crippen molar-refractivity contribution in [1.82, 2.24) is 4.98 Å². The van der Waals surface area contributed by atoms with Gasteiger partial charge in [-0.25, -0.2) is 4.79 Å². The highest BCUT2D eigenvalue weighted by Gasteiger charge is 2.14. The lowest BCUT2D eigenvalue weighted by Gasteiger charge is -1.97. The van der Waals surface area contributed by atoms with Crippen LogP contribution in [0.25, 0.3) is 0 Å². The molecule has 4 nitrogen and oxygen atoms in total. The third-order valence-electron chi connectivity index (χ3n) is 2.57. The summed E-state index contributed by atoms with van der Waals surface area (Å²) in [6, 6.07) is 7.64. The van der Waals surface area contributed by atoms with Gasteiger partial charge < -0.3 is 10.5 Å². The number of aryl methyl sites for hydroxylation is 2. The SMILES string of the molecule is COC(=O)c1cc(CCc2ccccn2)sc1N. The Morgan fingerprint density at radius 2 is 2.28 bits per heavy atom. The molecule has 2 aromatic heterocycles. The first kappa shape index (κ1) is 12.6. The highest BCUT2D eigenvalue weighted by Crippen LogP contribution is 2.26. The van der Waals surface area contributed by atoms with Gasteiger partial charge in [-0.05, 0) is 31.0 Å². The van der Waals surface area contributed by atoms with E-state index in [1.54, 1.807) is 12.3 Å². The molecule has 0 saturated carbocycles. The van der Waals surface area contributed by atoms with Gasteiger partial charge in [-0.3, -0.25) is 4.98 Å². The molecule has 0 amide bonds. The van der Waals surface area contributed by atoms with Crippen LogP contribution in [0.5, 0.6) is 0 Å². The largest absolute Gasteiger partial charge is 0.465 e. The van der Waals surface area contributed by atoms with Crippen molar-refractivity contribution < 1.29 is 9.53 Å². The molecule has 2 N–H and O–H groups in total. The molecule has 0 aromatic carbocycles. The van der Waals surface area contributed by atoms with Crippen LogP contribution in [0.2, 0.25) is 0 Å². The molecule has 0 spiro atoms. The van der Waals surface area contributed by atoms with E-state index in [1.807, 2.05) is 18.2 Å². The number of anilines is 1. The molecule has 2 aromatic rings. The molecular formula is C13H14N2O2S. The van der Waals surface area contributed by atoms with Crippen molar-refractivity contribution in [3.8, 4) is 0 Å². The first-order valence-corrected chi connectivity index (χ1v) is 6.38. The fourth-order valence-electron chi connectivity index (χ4n) is 1.65. The van der Waals surface area contributed by atoms with E-state index >= 15 is 0 Å². The summed E-state index contributed by atoms with van der Waals surface area (Å²) >= 11 is 1.43. The number of nitrogens with zero attached hydrogens (tertiary/aromatic N) is 1. The molecule has 0 aliphatic rings. The van der Waals surface area contributed by atoms with Crippen LogP contribution in [-0.2, 0) is 17.6 Å².